The van der Waals surface area contributed by atoms with Crippen LogP contribution in [-0.4, -0.2) is 19.8 Å². The third-order valence-corrected chi connectivity index (χ3v) is 4.48. The largest absolute Gasteiger partial charge is 0.376 e. The number of aryl methyl sites for hydroxylation is 2. The molecule has 0 radical (unpaired) electrons. The second-order valence-corrected chi connectivity index (χ2v) is 6.20. The Hall–Kier alpha value is -0.380. The maximum absolute atomic E-state index is 5.88. The first kappa shape index (κ1) is 12.1. The Bertz CT molecular complexity index is 361. The molecule has 1 aliphatic rings. The van der Waals surface area contributed by atoms with Gasteiger partial charge in [-0.1, -0.05) is 6.92 Å². The SMILES string of the molecule is CNC(c1cc(C)sc1C)C1OCCC1C. The minimum atomic E-state index is 0.331. The lowest BCUT2D eigenvalue weighted by atomic mass is 9.93. The van der Waals surface area contributed by atoms with E-state index in [4.69, 9.17) is 4.74 Å². The van der Waals surface area contributed by atoms with Gasteiger partial charge >= 0.3 is 0 Å². The topological polar surface area (TPSA) is 21.3 Å². The number of thiophene rings is 1. The van der Waals surface area contributed by atoms with Crippen molar-refractivity contribution in [1.29, 1.82) is 0 Å². The van der Waals surface area contributed by atoms with Crippen LogP contribution < -0.4 is 5.32 Å². The lowest BCUT2D eigenvalue weighted by Crippen LogP contribution is -2.32. The standard InChI is InChI=1S/C13H21NOS/c1-8-5-6-15-13(8)12(14-4)11-7-9(2)16-10(11)3/h7-8,12-14H,5-6H2,1-4H3. The Morgan fingerprint density at radius 3 is 2.69 bits per heavy atom. The van der Waals surface area contributed by atoms with Crippen molar-refractivity contribution < 1.29 is 4.74 Å². The number of hydrogen-bond acceptors (Lipinski definition) is 3. The van der Waals surface area contributed by atoms with Crippen LogP contribution in [0.15, 0.2) is 6.07 Å². The maximum Gasteiger partial charge on any atom is 0.0796 e. The van der Waals surface area contributed by atoms with E-state index in [1.165, 1.54) is 21.7 Å². The zero-order valence-corrected chi connectivity index (χ0v) is 11.4. The molecule has 16 heavy (non-hydrogen) atoms. The summed E-state index contributed by atoms with van der Waals surface area (Å²) < 4.78 is 5.88. The summed E-state index contributed by atoms with van der Waals surface area (Å²) in [6.07, 6.45) is 1.52. The van der Waals surface area contributed by atoms with E-state index in [1.807, 2.05) is 18.4 Å². The molecule has 0 aliphatic carbocycles. The highest BCUT2D eigenvalue weighted by Crippen LogP contribution is 2.35. The molecule has 1 fully saturated rings. The van der Waals surface area contributed by atoms with Crippen LogP contribution in [0.2, 0.25) is 0 Å². The van der Waals surface area contributed by atoms with Crippen LogP contribution in [0, 0.1) is 19.8 Å². The van der Waals surface area contributed by atoms with Crippen molar-refractivity contribution in [2.24, 2.45) is 5.92 Å². The number of hydrogen-bond donors (Lipinski definition) is 1. The molecule has 2 nitrogen and oxygen atoms in total. The van der Waals surface area contributed by atoms with E-state index >= 15 is 0 Å². The smallest absolute Gasteiger partial charge is 0.0796 e. The van der Waals surface area contributed by atoms with Gasteiger partial charge in [-0.05, 0) is 44.9 Å². The highest BCUT2D eigenvalue weighted by molar-refractivity contribution is 7.12. The van der Waals surface area contributed by atoms with Crippen LogP contribution in [0.1, 0.15) is 34.7 Å². The third kappa shape index (κ3) is 2.17. The molecule has 0 saturated carbocycles. The van der Waals surface area contributed by atoms with E-state index in [-0.39, 0.29) is 0 Å². The Kier molecular flexibility index (Phi) is 3.67. The van der Waals surface area contributed by atoms with Crippen LogP contribution in [0.25, 0.3) is 0 Å². The molecule has 2 heterocycles. The fourth-order valence-corrected chi connectivity index (χ4v) is 3.57. The summed E-state index contributed by atoms with van der Waals surface area (Å²) in [7, 11) is 2.03. The monoisotopic (exact) mass is 239 g/mol. The summed E-state index contributed by atoms with van der Waals surface area (Å²) in [5.74, 6) is 0.650. The van der Waals surface area contributed by atoms with E-state index in [2.05, 4.69) is 32.2 Å². The van der Waals surface area contributed by atoms with Crippen LogP contribution in [-0.2, 0) is 4.74 Å². The van der Waals surface area contributed by atoms with Gasteiger partial charge in [-0.2, -0.15) is 0 Å². The van der Waals surface area contributed by atoms with Gasteiger partial charge in [-0.15, -0.1) is 11.3 Å². The van der Waals surface area contributed by atoms with Gasteiger partial charge < -0.3 is 10.1 Å². The molecule has 1 saturated heterocycles. The lowest BCUT2D eigenvalue weighted by Gasteiger charge is -2.26. The second kappa shape index (κ2) is 4.86. The molecule has 3 unspecified atom stereocenters. The number of likely N-dealkylation sites (N-methyl/N-ethyl adjacent to an activating group) is 1. The Balaban J connectivity index is 2.25. The zero-order valence-electron chi connectivity index (χ0n) is 10.5. The van der Waals surface area contributed by atoms with Crippen molar-refractivity contribution in [2.45, 2.75) is 39.3 Å². The first-order valence-electron chi connectivity index (χ1n) is 5.99. The minimum Gasteiger partial charge on any atom is -0.376 e. The average Bonchev–Trinajstić information content (AvgIpc) is 2.77. The van der Waals surface area contributed by atoms with Crippen molar-refractivity contribution in [3.63, 3.8) is 0 Å². The summed E-state index contributed by atoms with van der Waals surface area (Å²) >= 11 is 1.88. The summed E-state index contributed by atoms with van der Waals surface area (Å²) in [6.45, 7) is 7.58. The highest BCUT2D eigenvalue weighted by atomic mass is 32.1. The first-order chi connectivity index (χ1) is 7.63. The average molecular weight is 239 g/mol. The second-order valence-electron chi connectivity index (χ2n) is 4.74. The molecular formula is C13H21NOS. The molecule has 0 spiro atoms. The van der Waals surface area contributed by atoms with Gasteiger partial charge in [-0.3, -0.25) is 0 Å². The van der Waals surface area contributed by atoms with Crippen LogP contribution >= 0.6 is 11.3 Å². The quantitative estimate of drug-likeness (QED) is 0.875. The Labute approximate surface area is 102 Å². The van der Waals surface area contributed by atoms with Gasteiger partial charge in [0.05, 0.1) is 12.1 Å². The molecule has 90 valence electrons. The van der Waals surface area contributed by atoms with Crippen molar-refractivity contribution in [1.82, 2.24) is 5.32 Å². The summed E-state index contributed by atoms with van der Waals surface area (Å²) in [6, 6.07) is 2.65. The van der Waals surface area contributed by atoms with Crippen LogP contribution in [0.5, 0.6) is 0 Å². The van der Waals surface area contributed by atoms with Crippen LogP contribution in [0.4, 0.5) is 0 Å². The predicted octanol–water partition coefficient (Wildman–Crippen LogP) is 3.05. The molecule has 0 amide bonds. The first-order valence-corrected chi connectivity index (χ1v) is 6.81. The van der Waals surface area contributed by atoms with E-state index in [0.717, 1.165) is 6.61 Å². The number of ether oxygens (including phenoxy) is 1. The summed E-state index contributed by atoms with van der Waals surface area (Å²) in [5.41, 5.74) is 1.42. The van der Waals surface area contributed by atoms with Gasteiger partial charge in [0.15, 0.2) is 0 Å². The molecule has 1 aliphatic heterocycles. The predicted molar refractivity (Wildman–Crippen MR) is 69.1 cm³/mol. The number of nitrogens with one attached hydrogen (secondary N) is 1. The fourth-order valence-electron chi connectivity index (χ4n) is 2.60. The normalized spacial score (nSPS) is 27.2. The van der Waals surface area contributed by atoms with E-state index in [0.29, 0.717) is 18.1 Å². The molecule has 1 aromatic rings. The maximum atomic E-state index is 5.88. The lowest BCUT2D eigenvalue weighted by molar-refractivity contribution is 0.0631. The van der Waals surface area contributed by atoms with Gasteiger partial charge in [0.2, 0.25) is 0 Å². The van der Waals surface area contributed by atoms with Crippen molar-refractivity contribution in [3.8, 4) is 0 Å². The molecule has 1 N–H and O–H groups in total. The van der Waals surface area contributed by atoms with E-state index in [1.54, 1.807) is 0 Å². The van der Waals surface area contributed by atoms with Crippen molar-refractivity contribution >= 4 is 11.3 Å². The molecule has 3 atom stereocenters. The molecule has 0 aromatic carbocycles. The van der Waals surface area contributed by atoms with Crippen molar-refractivity contribution in [2.75, 3.05) is 13.7 Å². The van der Waals surface area contributed by atoms with Gasteiger partial charge in [0.25, 0.3) is 0 Å². The van der Waals surface area contributed by atoms with Crippen molar-refractivity contribution in [3.05, 3.63) is 21.4 Å². The zero-order chi connectivity index (χ0) is 11.7. The van der Waals surface area contributed by atoms with E-state index < -0.39 is 0 Å². The molecule has 3 heteroatoms. The summed E-state index contributed by atoms with van der Waals surface area (Å²) in [4.78, 5) is 2.80. The Morgan fingerprint density at radius 2 is 2.25 bits per heavy atom. The molecule has 1 aromatic heterocycles. The fraction of sp³-hybridized carbons (Fsp3) is 0.692. The van der Waals surface area contributed by atoms with E-state index in [9.17, 15) is 0 Å². The third-order valence-electron chi connectivity index (χ3n) is 3.50. The number of rotatable bonds is 3. The minimum absolute atomic E-state index is 0.331. The Morgan fingerprint density at radius 1 is 1.50 bits per heavy atom. The van der Waals surface area contributed by atoms with Gasteiger partial charge in [0.1, 0.15) is 0 Å². The highest BCUT2D eigenvalue weighted by Gasteiger charge is 2.33. The van der Waals surface area contributed by atoms with Gasteiger partial charge in [-0.25, -0.2) is 0 Å². The molecule has 2 rings (SSSR count). The molecule has 0 bridgehead atoms. The molecular weight excluding hydrogens is 218 g/mol. The summed E-state index contributed by atoms with van der Waals surface area (Å²) in [5, 5.41) is 3.43. The van der Waals surface area contributed by atoms with Crippen LogP contribution in [0.3, 0.4) is 0 Å². The van der Waals surface area contributed by atoms with Gasteiger partial charge in [0, 0.05) is 16.4 Å².